The Bertz CT molecular complexity index is 742. The van der Waals surface area contributed by atoms with Crippen molar-refractivity contribution in [3.8, 4) is 0 Å². The molecule has 0 aromatic heterocycles. The first-order valence-electron chi connectivity index (χ1n) is 12.5. The van der Waals surface area contributed by atoms with Crippen molar-refractivity contribution in [1.29, 1.82) is 0 Å². The van der Waals surface area contributed by atoms with Gasteiger partial charge in [0.25, 0.3) is 0 Å². The summed E-state index contributed by atoms with van der Waals surface area (Å²) in [6.07, 6.45) is 6.43. The highest BCUT2D eigenvalue weighted by atomic mass is 16.6. The molecule has 8 heteroatoms. The standard InChI is InChI=1S/C25H40N2O6/c1-5-11-17(4)26(14-6-2)23(30)21-25-13-12-18(33-25)19(24(31)32-7-3)20(25)22(29)27(21)15-9-8-10-16-28/h6,17-21,28H,2,5,7-16H2,1,3-4H3/t17?,18-,19+,20+,21?,25?/m1/s1. The van der Waals surface area contributed by atoms with E-state index in [0.29, 0.717) is 38.8 Å². The first-order valence-corrected chi connectivity index (χ1v) is 12.5. The molecule has 3 heterocycles. The number of ether oxygens (including phenoxy) is 2. The van der Waals surface area contributed by atoms with Crippen molar-refractivity contribution in [2.45, 2.75) is 89.5 Å². The molecule has 6 atom stereocenters. The maximum atomic E-state index is 14.1. The van der Waals surface area contributed by atoms with Crippen LogP contribution in [0.2, 0.25) is 0 Å². The predicted molar refractivity (Wildman–Crippen MR) is 123 cm³/mol. The van der Waals surface area contributed by atoms with Crippen molar-refractivity contribution in [2.24, 2.45) is 11.8 Å². The number of hydrogen-bond acceptors (Lipinski definition) is 6. The second-order valence-electron chi connectivity index (χ2n) is 9.54. The first kappa shape index (κ1) is 25.7. The Morgan fingerprint density at radius 3 is 2.76 bits per heavy atom. The van der Waals surface area contributed by atoms with Crippen LogP contribution in [0.25, 0.3) is 0 Å². The van der Waals surface area contributed by atoms with Gasteiger partial charge in [0.15, 0.2) is 0 Å². The van der Waals surface area contributed by atoms with Gasteiger partial charge >= 0.3 is 5.97 Å². The largest absolute Gasteiger partial charge is 0.466 e. The summed E-state index contributed by atoms with van der Waals surface area (Å²) < 4.78 is 11.7. The lowest BCUT2D eigenvalue weighted by Gasteiger charge is -2.39. The van der Waals surface area contributed by atoms with E-state index in [1.807, 2.05) is 6.92 Å². The lowest BCUT2D eigenvalue weighted by molar-refractivity contribution is -0.155. The smallest absolute Gasteiger partial charge is 0.312 e. The fourth-order valence-electron chi connectivity index (χ4n) is 6.11. The molecule has 1 N–H and O–H groups in total. The summed E-state index contributed by atoms with van der Waals surface area (Å²) in [5.74, 6) is -2.06. The van der Waals surface area contributed by atoms with Crippen LogP contribution in [0.15, 0.2) is 12.7 Å². The summed E-state index contributed by atoms with van der Waals surface area (Å²) in [5, 5.41) is 9.13. The van der Waals surface area contributed by atoms with E-state index in [0.717, 1.165) is 19.3 Å². The van der Waals surface area contributed by atoms with E-state index >= 15 is 0 Å². The number of unbranched alkanes of at least 4 members (excludes halogenated alkanes) is 2. The SMILES string of the molecule is C=CCN(C(=O)C1N(CCCCCO)C(=O)[C@@H]2[C@@H](C(=O)OCC)[C@H]3CCC12O3)C(C)CCC. The van der Waals surface area contributed by atoms with Crippen LogP contribution in [0.4, 0.5) is 0 Å². The van der Waals surface area contributed by atoms with E-state index in [2.05, 4.69) is 13.5 Å². The maximum Gasteiger partial charge on any atom is 0.312 e. The highest BCUT2D eigenvalue weighted by Gasteiger charge is 2.75. The van der Waals surface area contributed by atoms with Gasteiger partial charge in [-0.15, -0.1) is 6.58 Å². The van der Waals surface area contributed by atoms with Gasteiger partial charge in [-0.05, 0) is 52.4 Å². The molecule has 2 amide bonds. The Hall–Kier alpha value is -1.93. The highest BCUT2D eigenvalue weighted by Crippen LogP contribution is 2.58. The summed E-state index contributed by atoms with van der Waals surface area (Å²) >= 11 is 0. The topological polar surface area (TPSA) is 96.4 Å². The minimum Gasteiger partial charge on any atom is -0.466 e. The van der Waals surface area contributed by atoms with Crippen molar-refractivity contribution in [3.63, 3.8) is 0 Å². The van der Waals surface area contributed by atoms with Gasteiger partial charge in [0.1, 0.15) is 11.6 Å². The molecule has 1 spiro atoms. The fraction of sp³-hybridized carbons (Fsp3) is 0.800. The van der Waals surface area contributed by atoms with E-state index in [1.54, 1.807) is 22.8 Å². The monoisotopic (exact) mass is 464 g/mol. The van der Waals surface area contributed by atoms with Crippen LogP contribution in [-0.4, -0.2) is 82.8 Å². The van der Waals surface area contributed by atoms with Gasteiger partial charge in [-0.2, -0.15) is 0 Å². The zero-order valence-corrected chi connectivity index (χ0v) is 20.3. The average Bonchev–Trinajstić information content (AvgIpc) is 3.42. The molecule has 3 fully saturated rings. The predicted octanol–water partition coefficient (Wildman–Crippen LogP) is 2.29. The number of hydrogen-bond donors (Lipinski definition) is 1. The Balaban J connectivity index is 1.97. The molecule has 3 saturated heterocycles. The van der Waals surface area contributed by atoms with E-state index in [1.165, 1.54) is 0 Å². The number of amides is 2. The highest BCUT2D eigenvalue weighted by molar-refractivity contribution is 5.98. The molecule has 3 aliphatic rings. The molecule has 3 aliphatic heterocycles. The van der Waals surface area contributed by atoms with Crippen LogP contribution < -0.4 is 0 Å². The lowest BCUT2D eigenvalue weighted by Crippen LogP contribution is -2.57. The van der Waals surface area contributed by atoms with Gasteiger partial charge in [-0.1, -0.05) is 19.4 Å². The number of aliphatic hydroxyl groups is 1. The van der Waals surface area contributed by atoms with Gasteiger partial charge < -0.3 is 24.4 Å². The van der Waals surface area contributed by atoms with Gasteiger partial charge in [0.2, 0.25) is 11.8 Å². The molecule has 0 aromatic carbocycles. The van der Waals surface area contributed by atoms with E-state index in [4.69, 9.17) is 14.6 Å². The first-order chi connectivity index (χ1) is 15.9. The van der Waals surface area contributed by atoms with Crippen LogP contribution in [0, 0.1) is 11.8 Å². The zero-order valence-electron chi connectivity index (χ0n) is 20.3. The third-order valence-electron chi connectivity index (χ3n) is 7.50. The molecule has 0 saturated carbocycles. The normalized spacial score (nSPS) is 30.9. The van der Waals surface area contributed by atoms with Crippen molar-refractivity contribution in [2.75, 3.05) is 26.3 Å². The third-order valence-corrected chi connectivity index (χ3v) is 7.50. The molecule has 3 unspecified atom stereocenters. The molecule has 3 rings (SSSR count). The van der Waals surface area contributed by atoms with Gasteiger partial charge in [-0.25, -0.2) is 0 Å². The molecular formula is C25H40N2O6. The molecule has 0 aromatic rings. The van der Waals surface area contributed by atoms with Gasteiger partial charge in [-0.3, -0.25) is 14.4 Å². The third kappa shape index (κ3) is 4.56. The number of rotatable bonds is 13. The van der Waals surface area contributed by atoms with Crippen LogP contribution in [0.3, 0.4) is 0 Å². The van der Waals surface area contributed by atoms with Crippen LogP contribution >= 0.6 is 0 Å². The quantitative estimate of drug-likeness (QED) is 0.255. The molecule has 0 radical (unpaired) electrons. The molecule has 0 aliphatic carbocycles. The zero-order chi connectivity index (χ0) is 24.2. The number of esters is 1. The summed E-state index contributed by atoms with van der Waals surface area (Å²) in [7, 11) is 0. The summed E-state index contributed by atoms with van der Waals surface area (Å²) in [4.78, 5) is 44.1. The Kier molecular flexibility index (Phi) is 8.56. The summed E-state index contributed by atoms with van der Waals surface area (Å²) in [6, 6.07) is -0.755. The second kappa shape index (κ2) is 11.0. The van der Waals surface area contributed by atoms with Crippen molar-refractivity contribution in [3.05, 3.63) is 12.7 Å². The van der Waals surface area contributed by atoms with Gasteiger partial charge in [0, 0.05) is 25.7 Å². The Morgan fingerprint density at radius 2 is 2.12 bits per heavy atom. The van der Waals surface area contributed by atoms with Crippen molar-refractivity contribution >= 4 is 17.8 Å². The van der Waals surface area contributed by atoms with E-state index in [9.17, 15) is 14.4 Å². The average molecular weight is 465 g/mol. The molecule has 33 heavy (non-hydrogen) atoms. The Morgan fingerprint density at radius 1 is 1.36 bits per heavy atom. The maximum absolute atomic E-state index is 14.1. The molecule has 186 valence electrons. The van der Waals surface area contributed by atoms with Crippen LogP contribution in [-0.2, 0) is 23.9 Å². The summed E-state index contributed by atoms with van der Waals surface area (Å²) in [5.41, 5.74) is -0.988. The number of carbonyl (C=O) groups is 3. The van der Waals surface area contributed by atoms with Gasteiger partial charge in [0.05, 0.1) is 24.5 Å². The minimum atomic E-state index is -0.988. The molecular weight excluding hydrogens is 424 g/mol. The number of aliphatic hydroxyl groups excluding tert-OH is 1. The number of likely N-dealkylation sites (tertiary alicyclic amines) is 1. The van der Waals surface area contributed by atoms with E-state index < -0.39 is 29.4 Å². The van der Waals surface area contributed by atoms with Crippen LogP contribution in [0.5, 0.6) is 0 Å². The van der Waals surface area contributed by atoms with E-state index in [-0.39, 0.29) is 37.2 Å². The molecule has 8 nitrogen and oxygen atoms in total. The Labute approximate surface area is 197 Å². The van der Waals surface area contributed by atoms with Crippen molar-refractivity contribution in [1.82, 2.24) is 9.80 Å². The van der Waals surface area contributed by atoms with Crippen molar-refractivity contribution < 1.29 is 29.0 Å². The second-order valence-corrected chi connectivity index (χ2v) is 9.54. The lowest BCUT2D eigenvalue weighted by atomic mass is 9.70. The number of nitrogens with zero attached hydrogens (tertiary/aromatic N) is 2. The molecule has 2 bridgehead atoms. The number of carbonyl (C=O) groups excluding carboxylic acids is 3. The number of fused-ring (bicyclic) bond motifs is 1. The summed E-state index contributed by atoms with van der Waals surface area (Å²) in [6.45, 7) is 10.8. The minimum absolute atomic E-state index is 0.00162. The fourth-order valence-corrected chi connectivity index (χ4v) is 6.11. The van der Waals surface area contributed by atoms with Crippen LogP contribution in [0.1, 0.15) is 65.7 Å².